The number of carboxylic acids is 1. The van der Waals surface area contributed by atoms with Crippen molar-refractivity contribution in [1.82, 2.24) is 42.5 Å². The number of nitrogens with two attached hydrogens (primary N) is 2. The van der Waals surface area contributed by atoms with Gasteiger partial charge in [-0.1, -0.05) is 79.0 Å². The van der Waals surface area contributed by atoms with E-state index in [9.17, 15) is 75.7 Å². The van der Waals surface area contributed by atoms with Crippen LogP contribution >= 0.6 is 46.1 Å². The highest BCUT2D eigenvalue weighted by Gasteiger charge is 2.53. The van der Waals surface area contributed by atoms with Gasteiger partial charge in [0.2, 0.25) is 53.4 Å². The molecular weight excluding hydrogens is 1720 g/mol. The van der Waals surface area contributed by atoms with Gasteiger partial charge in [0.05, 0.1) is 41.3 Å². The van der Waals surface area contributed by atoms with Crippen LogP contribution in [-0.4, -0.2) is 238 Å². The highest BCUT2D eigenvalue weighted by atomic mass is 35.5. The summed E-state index contributed by atoms with van der Waals surface area (Å²) in [6, 6.07) is 8.14. The molecule has 0 spiro atoms. The van der Waals surface area contributed by atoms with Crippen molar-refractivity contribution in [2.24, 2.45) is 17.4 Å². The normalized spacial score (nSPS) is 29.8. The number of nitrogens with one attached hydrogen (secondary N) is 8. The fourth-order valence-corrected chi connectivity index (χ4v) is 17.0. The Balaban J connectivity index is 0.967. The summed E-state index contributed by atoms with van der Waals surface area (Å²) in [5.41, 5.74) is 9.80. The molecule has 8 aliphatic rings. The van der Waals surface area contributed by atoms with Crippen LogP contribution in [0.4, 0.5) is 0 Å². The van der Waals surface area contributed by atoms with Gasteiger partial charge in [0.25, 0.3) is 0 Å². The highest BCUT2D eigenvalue weighted by Crippen LogP contribution is 2.51. The molecule has 24 N–H and O–H groups in total. The summed E-state index contributed by atoms with van der Waals surface area (Å²) in [7, 11) is 1.46. The first-order valence-electron chi connectivity index (χ1n) is 39.4. The van der Waals surface area contributed by atoms with Gasteiger partial charge in [-0.25, -0.2) is 4.79 Å². The van der Waals surface area contributed by atoms with Crippen molar-refractivity contribution in [3.8, 4) is 68.2 Å². The van der Waals surface area contributed by atoms with E-state index in [-0.39, 0.29) is 48.5 Å². The van der Waals surface area contributed by atoms with Crippen LogP contribution in [0.2, 0.25) is 15.1 Å². The van der Waals surface area contributed by atoms with Crippen molar-refractivity contribution in [3.05, 3.63) is 162 Å². The van der Waals surface area contributed by atoms with Crippen LogP contribution in [0.1, 0.15) is 110 Å². The minimum Gasteiger partial charge on any atom is -0.508 e. The van der Waals surface area contributed by atoms with Gasteiger partial charge in [0.1, 0.15) is 120 Å². The smallest absolute Gasteiger partial charge is 0.330 e. The molecule has 7 amide bonds. The van der Waals surface area contributed by atoms with E-state index in [1.165, 1.54) is 44.4 Å². The summed E-state index contributed by atoms with van der Waals surface area (Å²) >= 11 is 22.0. The third kappa shape index (κ3) is 20.3. The second-order valence-electron chi connectivity index (χ2n) is 31.8. The number of benzene rings is 6. The number of fused-ring (bicyclic) bond motifs is 15. The van der Waals surface area contributed by atoms with E-state index in [0.717, 1.165) is 82.7 Å². The van der Waals surface area contributed by atoms with E-state index < -0.39 is 279 Å². The number of carbonyl (C=O) groups is 8. The van der Waals surface area contributed by atoms with E-state index in [1.54, 1.807) is 26.0 Å². The molecule has 9 heterocycles. The number of hydrogen-bond acceptors (Lipinski definition) is 31. The number of primary amides is 1. The first-order chi connectivity index (χ1) is 59.3. The van der Waals surface area contributed by atoms with Crippen LogP contribution in [0.5, 0.6) is 46.0 Å². The minimum atomic E-state index is -2.42. The van der Waals surface area contributed by atoms with Gasteiger partial charge < -0.3 is 153 Å². The number of aromatic hydroxyl groups is 3. The second kappa shape index (κ2) is 38.6. The van der Waals surface area contributed by atoms with E-state index >= 15 is 24.0 Å². The van der Waals surface area contributed by atoms with Gasteiger partial charge in [-0.3, -0.25) is 33.6 Å². The monoisotopic (exact) mass is 1810 g/mol. The molecular formula is C83H93Cl3N10O28S. The number of carboxylic acid groups (broad SMARTS) is 1. The summed E-state index contributed by atoms with van der Waals surface area (Å²) < 4.78 is 51.3. The summed E-state index contributed by atoms with van der Waals surface area (Å²) in [4.78, 5) is 121. The number of halogens is 3. The lowest BCUT2D eigenvalue weighted by atomic mass is 9.86. The first-order valence-corrected chi connectivity index (χ1v) is 41.5. The Morgan fingerprint density at radius 2 is 1.29 bits per heavy atom. The van der Waals surface area contributed by atoms with Crippen molar-refractivity contribution in [2.75, 3.05) is 20.2 Å². The van der Waals surface area contributed by atoms with E-state index in [4.69, 9.17) is 84.2 Å². The van der Waals surface area contributed by atoms with Gasteiger partial charge in [0.15, 0.2) is 30.1 Å². The van der Waals surface area contributed by atoms with Crippen LogP contribution in [0.3, 0.4) is 0 Å². The maximum absolute atomic E-state index is 16.4. The standard InChI is InChI=1S/C83H93Cl3N10O28S/c1-31(2)16-46(89-5)74(109)95-62-64(102)35-9-14-50(44(85)19-35)118-52-21-37-22-53(71(52)123-82-69(107)67(105)72(55(29-97)121-82)124-81-68(106)66(104)65(103)54(120-81)28-90-27-41-17-38(30-125-41)33-6-11-39(84)12-7-33)119-51-15-10-36(20-45(51)86)70(122-57-26-83(4,88)73(108)32(3)117-57)63-79(114)94-61(80(115)116)43-23-40(98)24-49(100)58(43)42-18-34(8-13-48(42)99)59(76(111)96-63)93-77(112)60(37)92-75(110)47(25-56(87)101)91-78(62)113/h6-15,17-24,30-32,46-47,54-55,57,59-70,72-73,81-82,89-90,97-100,102-108H,16,25-29,88H2,1-5H3,(H2,87,101)(H,91,113)(H,92,110)(H,93,112)(H,94,114)(H,95,109)(H,96,111)(H,115,116)/t32-,46+,47-,54+,55+,57-,59+,60+,61?,62?,63-,64+,65-,66-,67+,68+,69+,70+,72+,73-,81-,82-,83-/m0/s1. The first kappa shape index (κ1) is 92.5. The van der Waals surface area contributed by atoms with E-state index in [1.807, 2.05) is 23.6 Å². The van der Waals surface area contributed by atoms with Gasteiger partial charge in [0, 0.05) is 57.7 Å². The molecule has 1 aromatic heterocycles. The molecule has 6 aromatic carbocycles. The third-order valence-corrected chi connectivity index (χ3v) is 23.9. The lowest BCUT2D eigenvalue weighted by Gasteiger charge is -2.46. The lowest BCUT2D eigenvalue weighted by Crippen LogP contribution is -2.65. The molecule has 0 radical (unpaired) electrons. The zero-order chi connectivity index (χ0) is 90.2. The molecule has 0 aliphatic carbocycles. The molecule has 15 rings (SSSR count). The minimum absolute atomic E-state index is 0.129. The Labute approximate surface area is 731 Å². The number of rotatable bonds is 20. The molecule has 125 heavy (non-hydrogen) atoms. The van der Waals surface area contributed by atoms with Crippen molar-refractivity contribution >= 4 is 93.5 Å². The fraction of sp³-hybridized carbons (Fsp3) is 0.422. The zero-order valence-corrected chi connectivity index (χ0v) is 70.2. The number of aliphatic carboxylic acids is 1. The SMILES string of the molecule is CN[C@H](CC(C)C)C(=O)NC1C(=O)N[C@@H](CC(N)=O)C(=O)N[C@H]2C(=O)N[C@H]3C(=O)N[C@H](C(=O)NC(C(=O)O)c4cc(O)cc(O)c4-c4cc3ccc4O)[C@H](O[C@H]3C[C@](C)(N)[C@@H](O)[C@H](C)O3)c3ccc(c(Cl)c3)Oc3cc2cc(c3O[C@@H]2O[C@H](CO)[C@@H](O[C@@H]3O[C@H](CNCc4cc(-c5ccc(Cl)cc5)cs4)[C@H](O)[C@H](O)[C@H]3O)[C@H](O)[C@H]2O)Oc2ccc(cc2Cl)[C@H]1O. The number of aliphatic hydroxyl groups is 8. The van der Waals surface area contributed by atoms with Crippen molar-refractivity contribution in [1.29, 1.82) is 0 Å². The van der Waals surface area contributed by atoms with Gasteiger partial charge in [-0.15, -0.1) is 11.3 Å². The molecule has 8 aliphatic heterocycles. The Kier molecular flexibility index (Phi) is 28.5. The van der Waals surface area contributed by atoms with E-state index in [0.29, 0.717) is 5.02 Å². The summed E-state index contributed by atoms with van der Waals surface area (Å²) in [6.45, 7) is 5.50. The Bertz CT molecular complexity index is 5230. The topological polar surface area (TPSA) is 601 Å². The number of carbonyl (C=O) groups excluding carboxylic acids is 7. The second-order valence-corrected chi connectivity index (χ2v) is 34.0. The highest BCUT2D eigenvalue weighted by molar-refractivity contribution is 7.10. The predicted molar refractivity (Wildman–Crippen MR) is 441 cm³/mol. The van der Waals surface area contributed by atoms with Gasteiger partial charge in [-0.2, -0.15) is 0 Å². The van der Waals surface area contributed by atoms with Crippen LogP contribution < -0.4 is 68.2 Å². The summed E-state index contributed by atoms with van der Waals surface area (Å²) in [5.74, 6) is -16.7. The Morgan fingerprint density at radius 3 is 1.93 bits per heavy atom. The molecule has 670 valence electrons. The fourth-order valence-electron chi connectivity index (χ4n) is 15.6. The lowest BCUT2D eigenvalue weighted by molar-refractivity contribution is -0.350. The van der Waals surface area contributed by atoms with Crippen LogP contribution in [-0.2, 0) is 68.6 Å². The quantitative estimate of drug-likeness (QED) is 0.0519. The third-order valence-electron chi connectivity index (χ3n) is 22.2. The number of thiophene rings is 1. The van der Waals surface area contributed by atoms with Crippen LogP contribution in [0.25, 0.3) is 22.3 Å². The zero-order valence-electron chi connectivity index (χ0n) is 67.1. The van der Waals surface area contributed by atoms with Crippen molar-refractivity contribution in [3.63, 3.8) is 0 Å². The van der Waals surface area contributed by atoms with Crippen LogP contribution in [0, 0.1) is 5.92 Å². The predicted octanol–water partition coefficient (Wildman–Crippen LogP) is 2.11. The maximum Gasteiger partial charge on any atom is 0.330 e. The molecule has 38 nitrogen and oxygen atoms in total. The van der Waals surface area contributed by atoms with Gasteiger partial charge >= 0.3 is 5.97 Å². The number of amides is 7. The average Bonchev–Trinajstić information content (AvgIpc) is 1.07. The molecule has 11 bridgehead atoms. The molecule has 3 fully saturated rings. The van der Waals surface area contributed by atoms with Crippen molar-refractivity contribution < 1.29 is 138 Å². The number of phenolic OH excluding ortho intramolecular Hbond substituents is 3. The number of ether oxygens (including phenoxy) is 8. The largest absolute Gasteiger partial charge is 0.508 e. The Hall–Kier alpha value is -10.2. The van der Waals surface area contributed by atoms with Crippen LogP contribution in [0.15, 0.2) is 115 Å². The molecule has 0 saturated carbocycles. The number of likely N-dealkylation sites (N-methyl/N-ethyl adjacent to an activating group) is 1. The molecule has 42 heteroatoms. The molecule has 7 aromatic rings. The molecule has 23 atom stereocenters. The maximum atomic E-state index is 16.4. The Morgan fingerprint density at radius 1 is 0.656 bits per heavy atom. The molecule has 3 saturated heterocycles. The molecule has 2 unspecified atom stereocenters. The number of aliphatic hydroxyl groups excluding tert-OH is 8. The summed E-state index contributed by atoms with van der Waals surface area (Å²) in [5, 5.41) is 162. The van der Waals surface area contributed by atoms with E-state index in [2.05, 4.69) is 42.5 Å². The van der Waals surface area contributed by atoms with Gasteiger partial charge in [-0.05, 0) is 145 Å². The average molecular weight is 1820 g/mol. The number of phenols is 3. The number of hydrogen-bond donors (Lipinski definition) is 22. The summed E-state index contributed by atoms with van der Waals surface area (Å²) in [6.07, 6.45) is -29.1. The van der Waals surface area contributed by atoms with Crippen molar-refractivity contribution in [2.45, 2.75) is 193 Å².